The molecule has 0 N–H and O–H groups in total. The van der Waals surface area contributed by atoms with Crippen LogP contribution < -0.4 is 9.47 Å². The molecule has 9 heteroatoms. The van der Waals surface area contributed by atoms with Crippen LogP contribution in [0.25, 0.3) is 22.6 Å². The van der Waals surface area contributed by atoms with Crippen LogP contribution in [0.15, 0.2) is 88.3 Å². The van der Waals surface area contributed by atoms with Crippen LogP contribution in [-0.4, -0.2) is 24.3 Å². The zero-order valence-corrected chi connectivity index (χ0v) is 22.9. The number of esters is 1. The molecule has 6 nitrogen and oxygen atoms in total. The molecular formula is C28H17Cl2IN2O4. The molecule has 184 valence electrons. The van der Waals surface area contributed by atoms with E-state index in [1.807, 2.05) is 42.5 Å². The van der Waals surface area contributed by atoms with Crippen molar-refractivity contribution in [3.63, 3.8) is 0 Å². The molecule has 0 atom stereocenters. The van der Waals surface area contributed by atoms with Crippen LogP contribution in [0.4, 0.5) is 5.69 Å². The van der Waals surface area contributed by atoms with Crippen molar-refractivity contribution in [1.29, 1.82) is 0 Å². The van der Waals surface area contributed by atoms with Crippen LogP contribution in [0.3, 0.4) is 0 Å². The quantitative estimate of drug-likeness (QED) is 0.0805. The zero-order chi connectivity index (χ0) is 25.9. The first-order chi connectivity index (χ1) is 17.9. The topological polar surface area (TPSA) is 73.9 Å². The molecule has 1 heterocycles. The smallest absolute Gasteiger partial charge is 0.345 e. The molecule has 0 unspecified atom stereocenters. The Morgan fingerprint density at radius 1 is 0.973 bits per heavy atom. The Kier molecular flexibility index (Phi) is 7.45. The van der Waals surface area contributed by atoms with Gasteiger partial charge in [0.1, 0.15) is 5.52 Å². The Morgan fingerprint density at radius 2 is 1.78 bits per heavy atom. The van der Waals surface area contributed by atoms with Crippen molar-refractivity contribution >= 4 is 74.8 Å². The Bertz CT molecular complexity index is 1650. The number of benzene rings is 4. The highest BCUT2D eigenvalue weighted by Gasteiger charge is 2.16. The van der Waals surface area contributed by atoms with Gasteiger partial charge in [0.2, 0.25) is 5.89 Å². The van der Waals surface area contributed by atoms with Crippen molar-refractivity contribution in [1.82, 2.24) is 4.98 Å². The number of aromatic nitrogens is 1. The Hall–Kier alpha value is -3.40. The number of oxazole rings is 1. The molecule has 0 radical (unpaired) electrons. The van der Waals surface area contributed by atoms with E-state index in [2.05, 4.69) is 32.6 Å². The Morgan fingerprint density at radius 3 is 2.54 bits per heavy atom. The predicted molar refractivity (Wildman–Crippen MR) is 154 cm³/mol. The summed E-state index contributed by atoms with van der Waals surface area (Å²) in [5.74, 6) is 0.563. The van der Waals surface area contributed by atoms with Crippen molar-refractivity contribution in [3.8, 4) is 23.0 Å². The average Bonchev–Trinajstić information content (AvgIpc) is 3.32. The molecule has 0 aliphatic heterocycles. The summed E-state index contributed by atoms with van der Waals surface area (Å²) < 4.78 is 18.0. The van der Waals surface area contributed by atoms with E-state index >= 15 is 0 Å². The van der Waals surface area contributed by atoms with Crippen molar-refractivity contribution < 1.29 is 18.7 Å². The van der Waals surface area contributed by atoms with Crippen LogP contribution in [0.1, 0.15) is 15.9 Å². The number of rotatable bonds is 6. The summed E-state index contributed by atoms with van der Waals surface area (Å²) in [5, 5.41) is 0.631. The first-order valence-corrected chi connectivity index (χ1v) is 12.8. The van der Waals surface area contributed by atoms with Crippen molar-refractivity contribution in [2.45, 2.75) is 0 Å². The van der Waals surface area contributed by atoms with Gasteiger partial charge in [-0.15, -0.1) is 0 Å². The van der Waals surface area contributed by atoms with Crippen LogP contribution in [0, 0.1) is 3.57 Å². The van der Waals surface area contributed by atoms with E-state index in [1.165, 1.54) is 19.2 Å². The number of methoxy groups -OCH3 is 1. The molecular weight excluding hydrogens is 626 g/mol. The van der Waals surface area contributed by atoms with E-state index < -0.39 is 5.97 Å². The number of hydrogen-bond acceptors (Lipinski definition) is 6. The van der Waals surface area contributed by atoms with Crippen LogP contribution in [0.2, 0.25) is 10.0 Å². The normalized spacial score (nSPS) is 11.2. The van der Waals surface area contributed by atoms with Crippen LogP contribution in [-0.2, 0) is 0 Å². The molecule has 5 aromatic rings. The fraction of sp³-hybridized carbons (Fsp3) is 0.0357. The predicted octanol–water partition coefficient (Wildman–Crippen LogP) is 8.38. The molecule has 37 heavy (non-hydrogen) atoms. The highest BCUT2D eigenvalue weighted by molar-refractivity contribution is 14.1. The number of aliphatic imine (C=N–C) groups is 1. The van der Waals surface area contributed by atoms with E-state index in [9.17, 15) is 4.79 Å². The van der Waals surface area contributed by atoms with E-state index in [0.717, 1.165) is 14.7 Å². The van der Waals surface area contributed by atoms with E-state index in [-0.39, 0.29) is 16.3 Å². The summed E-state index contributed by atoms with van der Waals surface area (Å²) >= 11 is 14.3. The van der Waals surface area contributed by atoms with Crippen molar-refractivity contribution in [3.05, 3.63) is 104 Å². The van der Waals surface area contributed by atoms with E-state index in [1.54, 1.807) is 30.5 Å². The monoisotopic (exact) mass is 642 g/mol. The summed E-state index contributed by atoms with van der Waals surface area (Å²) in [6.07, 6.45) is 1.69. The number of nitrogens with zero attached hydrogens (tertiary/aromatic N) is 2. The van der Waals surface area contributed by atoms with Gasteiger partial charge in [0.05, 0.1) is 23.4 Å². The highest BCUT2D eigenvalue weighted by atomic mass is 127. The molecule has 0 fully saturated rings. The molecule has 0 amide bonds. The van der Waals surface area contributed by atoms with E-state index in [4.69, 9.17) is 37.1 Å². The van der Waals surface area contributed by atoms with E-state index in [0.29, 0.717) is 33.4 Å². The maximum absolute atomic E-state index is 12.6. The standard InChI is InChI=1S/C28H17Cl2IN2O4/c1-35-26-12-16(2-10-25(26)37-28(34)21-9-5-18(29)13-22(21)30)15-32-20-8-11-24-23(14-20)33-27(36-24)17-3-6-19(31)7-4-17/h2-15H,1H3. The van der Waals surface area contributed by atoms with Gasteiger partial charge in [-0.1, -0.05) is 23.2 Å². The lowest BCUT2D eigenvalue weighted by Crippen LogP contribution is -2.10. The molecule has 4 aromatic carbocycles. The Balaban J connectivity index is 1.34. The minimum Gasteiger partial charge on any atom is -0.493 e. The lowest BCUT2D eigenvalue weighted by molar-refractivity contribution is 0.0730. The van der Waals surface area contributed by atoms with Crippen molar-refractivity contribution in [2.75, 3.05) is 7.11 Å². The number of hydrogen-bond donors (Lipinski definition) is 0. The summed E-state index contributed by atoms with van der Waals surface area (Å²) in [5.41, 5.74) is 3.97. The fourth-order valence-corrected chi connectivity index (χ4v) is 4.37. The number of halogens is 3. The molecule has 0 saturated heterocycles. The number of carbonyl (C=O) groups is 1. The summed E-state index contributed by atoms with van der Waals surface area (Å²) in [7, 11) is 1.49. The lowest BCUT2D eigenvalue weighted by Gasteiger charge is -2.10. The van der Waals surface area contributed by atoms with Crippen LogP contribution in [0.5, 0.6) is 11.5 Å². The molecule has 0 aliphatic carbocycles. The maximum atomic E-state index is 12.6. The summed E-state index contributed by atoms with van der Waals surface area (Å²) in [4.78, 5) is 21.7. The molecule has 0 spiro atoms. The third kappa shape index (κ3) is 5.79. The van der Waals surface area contributed by atoms with Gasteiger partial charge in [0.25, 0.3) is 0 Å². The van der Waals surface area contributed by atoms with Crippen molar-refractivity contribution in [2.24, 2.45) is 4.99 Å². The second-order valence-electron chi connectivity index (χ2n) is 7.86. The SMILES string of the molecule is COc1cc(C=Nc2ccc3oc(-c4ccc(I)cc4)nc3c2)ccc1OC(=O)c1ccc(Cl)cc1Cl. The molecule has 5 rings (SSSR count). The first-order valence-electron chi connectivity index (χ1n) is 11.0. The number of ether oxygens (including phenoxy) is 2. The molecule has 0 aliphatic rings. The zero-order valence-electron chi connectivity index (χ0n) is 19.2. The minimum atomic E-state index is -0.619. The van der Waals surface area contributed by atoms with Gasteiger partial charge in [0, 0.05) is 20.4 Å². The van der Waals surface area contributed by atoms with Gasteiger partial charge in [-0.3, -0.25) is 4.99 Å². The summed E-state index contributed by atoms with van der Waals surface area (Å²) in [6, 6.07) is 23.2. The van der Waals surface area contributed by atoms with Gasteiger partial charge in [-0.05, 0) is 107 Å². The lowest BCUT2D eigenvalue weighted by atomic mass is 10.2. The number of carbonyl (C=O) groups excluding carboxylic acids is 1. The third-order valence-corrected chi connectivity index (χ3v) is 6.63. The minimum absolute atomic E-state index is 0.201. The Labute approximate surface area is 236 Å². The average molecular weight is 643 g/mol. The molecule has 0 bridgehead atoms. The highest BCUT2D eigenvalue weighted by Crippen LogP contribution is 2.31. The number of fused-ring (bicyclic) bond motifs is 1. The van der Waals surface area contributed by atoms with Gasteiger partial charge < -0.3 is 13.9 Å². The first kappa shape index (κ1) is 25.3. The summed E-state index contributed by atoms with van der Waals surface area (Å²) in [6.45, 7) is 0. The molecule has 0 saturated carbocycles. The van der Waals surface area contributed by atoms with Gasteiger partial charge in [-0.25, -0.2) is 9.78 Å². The third-order valence-electron chi connectivity index (χ3n) is 5.37. The van der Waals surface area contributed by atoms with Gasteiger partial charge in [-0.2, -0.15) is 0 Å². The fourth-order valence-electron chi connectivity index (χ4n) is 3.52. The molecule has 1 aromatic heterocycles. The maximum Gasteiger partial charge on any atom is 0.345 e. The largest absolute Gasteiger partial charge is 0.493 e. The van der Waals surface area contributed by atoms with Gasteiger partial charge >= 0.3 is 5.97 Å². The van der Waals surface area contributed by atoms with Crippen LogP contribution >= 0.6 is 45.8 Å². The second kappa shape index (κ2) is 10.9. The second-order valence-corrected chi connectivity index (χ2v) is 9.95. The van der Waals surface area contributed by atoms with Gasteiger partial charge in [0.15, 0.2) is 17.1 Å².